The zero-order valence-corrected chi connectivity index (χ0v) is 10.9. The standard InChI is InChI=1S/C14H19NO3/c1-15(10-14(16)17-2)7-5-11-3-4-13-12(9-11)6-8-18-13/h3-4,9H,5-8,10H2,1-2H3. The lowest BCUT2D eigenvalue weighted by Crippen LogP contribution is -2.28. The molecular weight excluding hydrogens is 230 g/mol. The second kappa shape index (κ2) is 5.87. The van der Waals surface area contributed by atoms with E-state index in [4.69, 9.17) is 4.74 Å². The summed E-state index contributed by atoms with van der Waals surface area (Å²) in [5, 5.41) is 0. The first-order chi connectivity index (χ1) is 8.69. The van der Waals surface area contributed by atoms with Gasteiger partial charge in [-0.2, -0.15) is 0 Å². The number of methoxy groups -OCH3 is 1. The molecule has 0 atom stereocenters. The van der Waals surface area contributed by atoms with Crippen molar-refractivity contribution in [3.8, 4) is 5.75 Å². The van der Waals surface area contributed by atoms with Crippen LogP contribution in [0.15, 0.2) is 18.2 Å². The van der Waals surface area contributed by atoms with E-state index in [1.807, 2.05) is 18.0 Å². The van der Waals surface area contributed by atoms with Gasteiger partial charge in [-0.3, -0.25) is 9.69 Å². The molecule has 1 aromatic rings. The Labute approximate surface area is 107 Å². The number of carbonyl (C=O) groups is 1. The molecule has 2 rings (SSSR count). The highest BCUT2D eigenvalue weighted by Gasteiger charge is 2.12. The maximum atomic E-state index is 11.1. The third-order valence-electron chi connectivity index (χ3n) is 3.16. The van der Waals surface area contributed by atoms with E-state index in [0.29, 0.717) is 6.54 Å². The molecule has 4 nitrogen and oxygen atoms in total. The molecule has 0 fully saturated rings. The molecule has 0 unspecified atom stereocenters. The second-order valence-corrected chi connectivity index (χ2v) is 4.60. The molecule has 0 saturated carbocycles. The summed E-state index contributed by atoms with van der Waals surface area (Å²) in [7, 11) is 3.34. The zero-order chi connectivity index (χ0) is 13.0. The fraction of sp³-hybridized carbons (Fsp3) is 0.500. The quantitative estimate of drug-likeness (QED) is 0.737. The Morgan fingerprint density at radius 2 is 2.33 bits per heavy atom. The highest BCUT2D eigenvalue weighted by atomic mass is 16.5. The van der Waals surface area contributed by atoms with E-state index in [-0.39, 0.29) is 5.97 Å². The minimum Gasteiger partial charge on any atom is -0.493 e. The van der Waals surface area contributed by atoms with Gasteiger partial charge in [0, 0.05) is 13.0 Å². The highest BCUT2D eigenvalue weighted by Crippen LogP contribution is 2.25. The number of fused-ring (bicyclic) bond motifs is 1. The molecule has 1 aliphatic rings. The van der Waals surface area contributed by atoms with Gasteiger partial charge in [0.1, 0.15) is 5.75 Å². The van der Waals surface area contributed by atoms with Crippen LogP contribution in [0.1, 0.15) is 11.1 Å². The largest absolute Gasteiger partial charge is 0.493 e. The number of rotatable bonds is 5. The van der Waals surface area contributed by atoms with Crippen LogP contribution in [0, 0.1) is 0 Å². The molecule has 1 aliphatic heterocycles. The molecule has 0 aromatic heterocycles. The Morgan fingerprint density at radius 3 is 3.11 bits per heavy atom. The van der Waals surface area contributed by atoms with Crippen LogP contribution in [0.2, 0.25) is 0 Å². The molecule has 0 amide bonds. The van der Waals surface area contributed by atoms with Crippen molar-refractivity contribution in [1.82, 2.24) is 4.90 Å². The summed E-state index contributed by atoms with van der Waals surface area (Å²) in [6.07, 6.45) is 1.93. The van der Waals surface area contributed by atoms with Crippen LogP contribution in [0.5, 0.6) is 5.75 Å². The average Bonchev–Trinajstić information content (AvgIpc) is 2.83. The first kappa shape index (κ1) is 12.9. The average molecular weight is 249 g/mol. The number of esters is 1. The third-order valence-corrected chi connectivity index (χ3v) is 3.16. The van der Waals surface area contributed by atoms with Crippen LogP contribution in [-0.2, 0) is 22.4 Å². The molecule has 0 N–H and O–H groups in total. The topological polar surface area (TPSA) is 38.8 Å². The maximum Gasteiger partial charge on any atom is 0.319 e. The first-order valence-corrected chi connectivity index (χ1v) is 6.19. The Bertz CT molecular complexity index is 431. The molecule has 1 aromatic carbocycles. The van der Waals surface area contributed by atoms with Crippen molar-refractivity contribution in [2.45, 2.75) is 12.8 Å². The molecule has 0 bridgehead atoms. The molecule has 0 radical (unpaired) electrons. The molecule has 0 spiro atoms. The summed E-state index contributed by atoms with van der Waals surface area (Å²) in [5.74, 6) is 0.821. The number of likely N-dealkylation sites (N-methyl/N-ethyl adjacent to an activating group) is 1. The van der Waals surface area contributed by atoms with Crippen molar-refractivity contribution >= 4 is 5.97 Å². The molecule has 4 heteroatoms. The first-order valence-electron chi connectivity index (χ1n) is 6.19. The van der Waals surface area contributed by atoms with E-state index in [9.17, 15) is 4.79 Å². The lowest BCUT2D eigenvalue weighted by Gasteiger charge is -2.15. The van der Waals surface area contributed by atoms with E-state index in [2.05, 4.69) is 16.9 Å². The van der Waals surface area contributed by atoms with Gasteiger partial charge in [0.25, 0.3) is 0 Å². The molecular formula is C14H19NO3. The summed E-state index contributed by atoms with van der Waals surface area (Å²) in [5.41, 5.74) is 2.58. The highest BCUT2D eigenvalue weighted by molar-refractivity contribution is 5.71. The smallest absolute Gasteiger partial charge is 0.319 e. The van der Waals surface area contributed by atoms with Gasteiger partial charge in [-0.25, -0.2) is 0 Å². The number of hydrogen-bond acceptors (Lipinski definition) is 4. The summed E-state index contributed by atoms with van der Waals surface area (Å²) >= 11 is 0. The van der Waals surface area contributed by atoms with E-state index < -0.39 is 0 Å². The summed E-state index contributed by atoms with van der Waals surface area (Å²) in [4.78, 5) is 13.1. The van der Waals surface area contributed by atoms with Crippen molar-refractivity contribution in [3.63, 3.8) is 0 Å². The van der Waals surface area contributed by atoms with Gasteiger partial charge in [0.05, 0.1) is 20.3 Å². The number of carbonyl (C=O) groups excluding carboxylic acids is 1. The van der Waals surface area contributed by atoms with Gasteiger partial charge in [-0.1, -0.05) is 12.1 Å². The monoisotopic (exact) mass is 249 g/mol. The Hall–Kier alpha value is -1.55. The Balaban J connectivity index is 1.85. The fourth-order valence-electron chi connectivity index (χ4n) is 2.08. The van der Waals surface area contributed by atoms with Crippen LogP contribution in [0.25, 0.3) is 0 Å². The number of hydrogen-bond donors (Lipinski definition) is 0. The van der Waals surface area contributed by atoms with E-state index >= 15 is 0 Å². The third kappa shape index (κ3) is 3.23. The summed E-state index contributed by atoms with van der Waals surface area (Å²) in [6, 6.07) is 6.34. The summed E-state index contributed by atoms with van der Waals surface area (Å²) in [6.45, 7) is 1.97. The molecule has 0 aliphatic carbocycles. The van der Waals surface area contributed by atoms with Gasteiger partial charge in [-0.15, -0.1) is 0 Å². The molecule has 0 saturated heterocycles. The van der Waals surface area contributed by atoms with Crippen molar-refractivity contribution in [2.24, 2.45) is 0 Å². The van der Waals surface area contributed by atoms with Crippen LogP contribution in [0.3, 0.4) is 0 Å². The maximum absolute atomic E-state index is 11.1. The van der Waals surface area contributed by atoms with Gasteiger partial charge in [0.15, 0.2) is 0 Å². The van der Waals surface area contributed by atoms with Crippen LogP contribution in [0.4, 0.5) is 0 Å². The minimum absolute atomic E-state index is 0.195. The van der Waals surface area contributed by atoms with E-state index in [1.54, 1.807) is 0 Å². The second-order valence-electron chi connectivity index (χ2n) is 4.60. The van der Waals surface area contributed by atoms with Crippen LogP contribution < -0.4 is 4.74 Å². The fourth-order valence-corrected chi connectivity index (χ4v) is 2.08. The molecule has 98 valence electrons. The number of benzene rings is 1. The lowest BCUT2D eigenvalue weighted by molar-refractivity contribution is -0.141. The van der Waals surface area contributed by atoms with Crippen molar-refractivity contribution in [3.05, 3.63) is 29.3 Å². The van der Waals surface area contributed by atoms with E-state index in [1.165, 1.54) is 18.2 Å². The van der Waals surface area contributed by atoms with E-state index in [0.717, 1.165) is 31.7 Å². The number of nitrogens with zero attached hydrogens (tertiary/aromatic N) is 1. The van der Waals surface area contributed by atoms with Crippen molar-refractivity contribution in [1.29, 1.82) is 0 Å². The minimum atomic E-state index is -0.195. The van der Waals surface area contributed by atoms with Crippen LogP contribution >= 0.6 is 0 Å². The Kier molecular flexibility index (Phi) is 4.20. The number of ether oxygens (including phenoxy) is 2. The SMILES string of the molecule is COC(=O)CN(C)CCc1ccc2c(c1)CCO2. The predicted molar refractivity (Wildman–Crippen MR) is 68.9 cm³/mol. The van der Waals surface area contributed by atoms with Gasteiger partial charge >= 0.3 is 5.97 Å². The summed E-state index contributed by atoms with van der Waals surface area (Å²) < 4.78 is 10.1. The zero-order valence-electron chi connectivity index (χ0n) is 10.9. The lowest BCUT2D eigenvalue weighted by atomic mass is 10.1. The Morgan fingerprint density at radius 1 is 1.50 bits per heavy atom. The normalized spacial score (nSPS) is 13.3. The van der Waals surface area contributed by atoms with Gasteiger partial charge in [0.2, 0.25) is 0 Å². The molecule has 1 heterocycles. The molecule has 18 heavy (non-hydrogen) atoms. The van der Waals surface area contributed by atoms with Crippen molar-refractivity contribution in [2.75, 3.05) is 33.9 Å². The van der Waals surface area contributed by atoms with Gasteiger partial charge in [-0.05, 0) is 30.7 Å². The van der Waals surface area contributed by atoms with Crippen LogP contribution in [-0.4, -0.2) is 44.7 Å². The van der Waals surface area contributed by atoms with Gasteiger partial charge < -0.3 is 9.47 Å². The predicted octanol–water partition coefficient (Wildman–Crippen LogP) is 1.27. The van der Waals surface area contributed by atoms with Crippen molar-refractivity contribution < 1.29 is 14.3 Å².